The van der Waals surface area contributed by atoms with Crippen molar-refractivity contribution in [1.82, 2.24) is 0 Å². The lowest BCUT2D eigenvalue weighted by Gasteiger charge is -2.12. The predicted octanol–water partition coefficient (Wildman–Crippen LogP) is 3.67. The van der Waals surface area contributed by atoms with Crippen LogP contribution in [-0.2, 0) is 17.6 Å². The van der Waals surface area contributed by atoms with Crippen molar-refractivity contribution < 1.29 is 24.4 Å². The molecular weight excluding hydrogens is 372 g/mol. The number of nitrogens with zero attached hydrogens (tertiary/aromatic N) is 1. The van der Waals surface area contributed by atoms with Crippen LogP contribution < -0.4 is 5.32 Å². The van der Waals surface area contributed by atoms with Gasteiger partial charge >= 0.3 is 5.97 Å². The van der Waals surface area contributed by atoms with Gasteiger partial charge in [0.2, 0.25) is 0 Å². The molecule has 1 aromatic heterocycles. The zero-order chi connectivity index (χ0) is 19.6. The molecule has 0 unspecified atom stereocenters. The Bertz CT molecular complexity index is 921. The summed E-state index contributed by atoms with van der Waals surface area (Å²) in [4.78, 5) is 36.3. The maximum atomic E-state index is 12.6. The summed E-state index contributed by atoms with van der Waals surface area (Å²) >= 11 is 1.31. The van der Waals surface area contributed by atoms with Crippen LogP contribution in [0.15, 0.2) is 18.2 Å². The SMILES string of the molecule is CCOC(=O)c1c(NC(=O)c2cc([N+](=O)[O-])ccc2O)sc2c1CCCC2. The largest absolute Gasteiger partial charge is 0.507 e. The van der Waals surface area contributed by atoms with Gasteiger partial charge < -0.3 is 15.2 Å². The third kappa shape index (κ3) is 3.77. The first-order valence-electron chi connectivity index (χ1n) is 8.52. The number of amides is 1. The quantitative estimate of drug-likeness (QED) is 0.457. The summed E-state index contributed by atoms with van der Waals surface area (Å²) < 4.78 is 5.13. The van der Waals surface area contributed by atoms with E-state index in [0.29, 0.717) is 10.6 Å². The number of aryl methyl sites for hydroxylation is 1. The number of phenolic OH excluding ortho intramolecular Hbond substituents is 1. The Morgan fingerprint density at radius 3 is 2.78 bits per heavy atom. The summed E-state index contributed by atoms with van der Waals surface area (Å²) in [6.45, 7) is 1.92. The number of fused-ring (bicyclic) bond motifs is 1. The number of anilines is 1. The highest BCUT2D eigenvalue weighted by atomic mass is 32.1. The minimum Gasteiger partial charge on any atom is -0.507 e. The molecule has 1 aliphatic rings. The highest BCUT2D eigenvalue weighted by molar-refractivity contribution is 7.17. The summed E-state index contributed by atoms with van der Waals surface area (Å²) in [5.74, 6) is -1.60. The number of nitro groups is 1. The van der Waals surface area contributed by atoms with E-state index < -0.39 is 16.8 Å². The van der Waals surface area contributed by atoms with Gasteiger partial charge in [-0.3, -0.25) is 14.9 Å². The minimum atomic E-state index is -0.722. The van der Waals surface area contributed by atoms with Crippen molar-refractivity contribution in [1.29, 1.82) is 0 Å². The number of nitrogens with one attached hydrogen (secondary N) is 1. The van der Waals surface area contributed by atoms with Crippen LogP contribution in [0, 0.1) is 10.1 Å². The maximum Gasteiger partial charge on any atom is 0.341 e. The lowest BCUT2D eigenvalue weighted by molar-refractivity contribution is -0.384. The average molecular weight is 390 g/mol. The Morgan fingerprint density at radius 2 is 2.07 bits per heavy atom. The molecule has 1 amide bonds. The zero-order valence-electron chi connectivity index (χ0n) is 14.6. The van der Waals surface area contributed by atoms with Gasteiger partial charge in [-0.1, -0.05) is 0 Å². The van der Waals surface area contributed by atoms with E-state index in [9.17, 15) is 24.8 Å². The van der Waals surface area contributed by atoms with Crippen LogP contribution in [0.2, 0.25) is 0 Å². The van der Waals surface area contributed by atoms with Gasteiger partial charge in [0.15, 0.2) is 0 Å². The standard InChI is InChI=1S/C18H18N2O6S/c1-2-26-18(23)15-11-5-3-4-6-14(11)27-17(15)19-16(22)12-9-10(20(24)25)7-8-13(12)21/h7-9,21H,2-6H2,1H3,(H,19,22). The number of carbonyl (C=O) groups is 2. The molecule has 27 heavy (non-hydrogen) atoms. The van der Waals surface area contributed by atoms with Gasteiger partial charge in [0.25, 0.3) is 11.6 Å². The van der Waals surface area contributed by atoms with Crippen molar-refractivity contribution in [2.24, 2.45) is 0 Å². The molecule has 0 saturated carbocycles. The molecule has 1 aliphatic carbocycles. The molecule has 0 atom stereocenters. The van der Waals surface area contributed by atoms with Crippen LogP contribution in [0.3, 0.4) is 0 Å². The molecular formula is C18H18N2O6S. The Balaban J connectivity index is 1.97. The Morgan fingerprint density at radius 1 is 1.33 bits per heavy atom. The monoisotopic (exact) mass is 390 g/mol. The van der Waals surface area contributed by atoms with Crippen molar-refractivity contribution in [2.45, 2.75) is 32.6 Å². The first-order valence-corrected chi connectivity index (χ1v) is 9.34. The van der Waals surface area contributed by atoms with E-state index in [1.807, 2.05) is 0 Å². The van der Waals surface area contributed by atoms with E-state index in [-0.39, 0.29) is 23.6 Å². The topological polar surface area (TPSA) is 119 Å². The average Bonchev–Trinajstić information content (AvgIpc) is 2.99. The number of phenols is 1. The van der Waals surface area contributed by atoms with Crippen LogP contribution >= 0.6 is 11.3 Å². The van der Waals surface area contributed by atoms with Gasteiger partial charge in [-0.2, -0.15) is 0 Å². The lowest BCUT2D eigenvalue weighted by Crippen LogP contribution is -2.16. The summed E-state index contributed by atoms with van der Waals surface area (Å²) in [6, 6.07) is 3.21. The number of esters is 1. The molecule has 0 aliphatic heterocycles. The van der Waals surface area contributed by atoms with E-state index in [0.717, 1.165) is 54.3 Å². The van der Waals surface area contributed by atoms with E-state index >= 15 is 0 Å². The van der Waals surface area contributed by atoms with E-state index in [2.05, 4.69) is 5.32 Å². The van der Waals surface area contributed by atoms with Crippen molar-refractivity contribution in [3.05, 3.63) is 49.9 Å². The van der Waals surface area contributed by atoms with E-state index in [4.69, 9.17) is 4.74 Å². The fourth-order valence-electron chi connectivity index (χ4n) is 3.06. The molecule has 0 saturated heterocycles. The van der Waals surface area contributed by atoms with Gasteiger partial charge in [-0.15, -0.1) is 11.3 Å². The van der Waals surface area contributed by atoms with Crippen LogP contribution in [0.5, 0.6) is 5.75 Å². The first-order chi connectivity index (χ1) is 12.9. The van der Waals surface area contributed by atoms with Gasteiger partial charge in [0.1, 0.15) is 10.8 Å². The summed E-state index contributed by atoms with van der Waals surface area (Å²) in [6.07, 6.45) is 3.52. The fourth-order valence-corrected chi connectivity index (χ4v) is 4.34. The van der Waals surface area contributed by atoms with Gasteiger partial charge in [-0.05, 0) is 44.2 Å². The summed E-state index contributed by atoms with van der Waals surface area (Å²) in [7, 11) is 0. The maximum absolute atomic E-state index is 12.6. The van der Waals surface area contributed by atoms with Crippen LogP contribution in [0.1, 0.15) is 50.9 Å². The molecule has 0 radical (unpaired) electrons. The van der Waals surface area contributed by atoms with E-state index in [1.54, 1.807) is 6.92 Å². The Labute approximate surface area is 158 Å². The second-order valence-corrected chi connectivity index (χ2v) is 7.15. The number of benzene rings is 1. The molecule has 8 nitrogen and oxygen atoms in total. The molecule has 9 heteroatoms. The molecule has 142 valence electrons. The fraction of sp³-hybridized carbons (Fsp3) is 0.333. The number of thiophene rings is 1. The second-order valence-electron chi connectivity index (χ2n) is 6.05. The molecule has 2 N–H and O–H groups in total. The van der Waals surface area contributed by atoms with Crippen molar-refractivity contribution in [3.63, 3.8) is 0 Å². The number of rotatable bonds is 5. The van der Waals surface area contributed by atoms with Gasteiger partial charge in [0, 0.05) is 17.0 Å². The number of aromatic hydroxyl groups is 1. The van der Waals surface area contributed by atoms with Crippen molar-refractivity contribution in [2.75, 3.05) is 11.9 Å². The first kappa shape index (κ1) is 18.8. The Hall–Kier alpha value is -2.94. The Kier molecular flexibility index (Phi) is 5.41. The predicted molar refractivity (Wildman–Crippen MR) is 99.6 cm³/mol. The zero-order valence-corrected chi connectivity index (χ0v) is 15.4. The molecule has 0 spiro atoms. The smallest absolute Gasteiger partial charge is 0.341 e. The molecule has 0 fully saturated rings. The summed E-state index contributed by atoms with van der Waals surface area (Å²) in [5.41, 5.74) is 0.692. The number of hydrogen-bond acceptors (Lipinski definition) is 7. The number of ether oxygens (including phenoxy) is 1. The molecule has 0 bridgehead atoms. The van der Waals surface area contributed by atoms with Crippen molar-refractivity contribution in [3.8, 4) is 5.75 Å². The van der Waals surface area contributed by atoms with Crippen molar-refractivity contribution >= 4 is 33.9 Å². The molecule has 3 rings (SSSR count). The third-order valence-electron chi connectivity index (χ3n) is 4.31. The molecule has 2 aromatic rings. The van der Waals surface area contributed by atoms with Crippen LogP contribution in [-0.4, -0.2) is 28.5 Å². The highest BCUT2D eigenvalue weighted by Gasteiger charge is 2.28. The third-order valence-corrected chi connectivity index (χ3v) is 5.52. The lowest BCUT2D eigenvalue weighted by atomic mass is 9.95. The van der Waals surface area contributed by atoms with Crippen LogP contribution in [0.4, 0.5) is 10.7 Å². The number of hydrogen-bond donors (Lipinski definition) is 2. The van der Waals surface area contributed by atoms with E-state index in [1.165, 1.54) is 11.3 Å². The number of non-ortho nitro benzene ring substituents is 1. The normalized spacial score (nSPS) is 12.9. The van der Waals surface area contributed by atoms with Gasteiger partial charge in [0.05, 0.1) is 22.7 Å². The minimum absolute atomic E-state index is 0.211. The second kappa shape index (κ2) is 7.75. The highest BCUT2D eigenvalue weighted by Crippen LogP contribution is 2.39. The number of carbonyl (C=O) groups excluding carboxylic acids is 2. The summed E-state index contributed by atoms with van der Waals surface area (Å²) in [5, 5.41) is 23.8. The van der Waals surface area contributed by atoms with Gasteiger partial charge in [-0.25, -0.2) is 4.79 Å². The number of nitro benzene ring substituents is 1. The van der Waals surface area contributed by atoms with Crippen LogP contribution in [0.25, 0.3) is 0 Å². The molecule has 1 heterocycles. The molecule has 1 aromatic carbocycles.